The van der Waals surface area contributed by atoms with Crippen LogP contribution in [0.25, 0.3) is 5.76 Å². The van der Waals surface area contributed by atoms with E-state index in [0.717, 1.165) is 6.07 Å². The topological polar surface area (TPSA) is 254 Å². The largest absolute Gasteiger partial charge is 0.508 e. The number of rotatable bonds is 7. The lowest BCUT2D eigenvalue weighted by Gasteiger charge is -2.53. The van der Waals surface area contributed by atoms with Gasteiger partial charge < -0.3 is 46.4 Å². The first-order valence-electron chi connectivity index (χ1n) is 14.0. The molecule has 3 aliphatic carbocycles. The van der Waals surface area contributed by atoms with E-state index in [-0.39, 0.29) is 23.2 Å². The molecule has 15 heteroatoms. The summed E-state index contributed by atoms with van der Waals surface area (Å²) in [4.78, 5) is 65.9. The summed E-state index contributed by atoms with van der Waals surface area (Å²) in [5, 5.41) is 80.3. The summed E-state index contributed by atoms with van der Waals surface area (Å²) in [6.45, 7) is 0.778. The Morgan fingerprint density at radius 1 is 0.978 bits per heavy atom. The summed E-state index contributed by atoms with van der Waals surface area (Å²) < 4.78 is 0. The van der Waals surface area contributed by atoms with Crippen LogP contribution in [0.3, 0.4) is 0 Å². The number of phenolic OH excluding ortho intramolecular Hbond substituents is 1. The minimum atomic E-state index is -2.92. The number of aliphatic hydroxyl groups is 4. The molecule has 0 aliphatic heterocycles. The van der Waals surface area contributed by atoms with Gasteiger partial charge in [0.2, 0.25) is 5.78 Å². The van der Waals surface area contributed by atoms with Gasteiger partial charge in [-0.3, -0.25) is 19.3 Å². The maximum absolute atomic E-state index is 14.1. The van der Waals surface area contributed by atoms with Crippen LogP contribution in [-0.2, 0) is 20.0 Å². The highest BCUT2D eigenvalue weighted by atomic mass is 16.4. The molecule has 5 rings (SSSR count). The Morgan fingerprint density at radius 2 is 1.63 bits per heavy atom. The van der Waals surface area contributed by atoms with Gasteiger partial charge in [0.15, 0.2) is 11.4 Å². The lowest BCUT2D eigenvalue weighted by Crippen LogP contribution is -2.67. The number of nitrogens with zero attached hydrogens (tertiary/aromatic N) is 1. The van der Waals surface area contributed by atoms with E-state index in [4.69, 9.17) is 0 Å². The van der Waals surface area contributed by atoms with Crippen LogP contribution in [0.4, 0.5) is 5.69 Å². The molecule has 9 N–H and O–H groups in total. The average Bonchev–Trinajstić information content (AvgIpc) is 2.97. The van der Waals surface area contributed by atoms with Crippen LogP contribution in [0.2, 0.25) is 0 Å². The molecule has 0 unspecified atom stereocenters. The Hall–Kier alpha value is -5.25. The summed E-state index contributed by atoms with van der Waals surface area (Å²) in [5.41, 5.74) is -7.73. The van der Waals surface area contributed by atoms with Gasteiger partial charge in [0, 0.05) is 17.4 Å². The number of likely N-dealkylation sites (N-methyl/N-ethyl adjacent to an activating group) is 1. The van der Waals surface area contributed by atoms with Gasteiger partial charge in [-0.15, -0.1) is 0 Å². The molecule has 46 heavy (non-hydrogen) atoms. The zero-order valence-corrected chi connectivity index (χ0v) is 24.7. The number of anilines is 1. The molecule has 0 saturated heterocycles. The number of fused-ring (bicyclic) bond motifs is 3. The number of nitrogens with one attached hydrogen (secondary N) is 2. The lowest BCUT2D eigenvalue weighted by atomic mass is 9.54. The highest BCUT2D eigenvalue weighted by Gasteiger charge is 2.66. The van der Waals surface area contributed by atoms with Gasteiger partial charge >= 0.3 is 11.9 Å². The molecule has 0 heterocycles. The SMILES string of the molecule is CN(C)[C@@H]1C(=O)C(C(=O)NCNc2cccc(C(=O)O)c2C(=O)O)=C(O)[C@]2(O)C(=O)C3=C(O)c4c(O)cccc4[C@](C)(O)[C@H]3C[C@@H]12. The third-order valence-electron chi connectivity index (χ3n) is 9.04. The molecule has 1 amide bonds. The molecule has 2 aromatic rings. The van der Waals surface area contributed by atoms with Gasteiger partial charge in [0.25, 0.3) is 5.91 Å². The predicted octanol–water partition coefficient (Wildman–Crippen LogP) is 0.726. The molecule has 5 atom stereocenters. The zero-order valence-electron chi connectivity index (χ0n) is 24.7. The molecular formula is C31H31N3O12. The number of amides is 1. The Kier molecular flexibility index (Phi) is 7.67. The summed E-state index contributed by atoms with van der Waals surface area (Å²) in [6.07, 6.45) is -0.309. The number of carboxylic acids is 2. The van der Waals surface area contributed by atoms with E-state index in [1.54, 1.807) is 0 Å². The second-order valence-corrected chi connectivity index (χ2v) is 11.8. The van der Waals surface area contributed by atoms with E-state index in [2.05, 4.69) is 10.6 Å². The van der Waals surface area contributed by atoms with Crippen LogP contribution in [0.5, 0.6) is 5.75 Å². The van der Waals surface area contributed by atoms with Gasteiger partial charge in [-0.2, -0.15) is 0 Å². The van der Waals surface area contributed by atoms with Crippen molar-refractivity contribution in [1.29, 1.82) is 0 Å². The predicted molar refractivity (Wildman–Crippen MR) is 158 cm³/mol. The van der Waals surface area contributed by atoms with Gasteiger partial charge in [0.1, 0.15) is 22.8 Å². The molecule has 15 nitrogen and oxygen atoms in total. The number of benzene rings is 2. The molecule has 242 valence electrons. The first-order chi connectivity index (χ1) is 21.5. The maximum atomic E-state index is 14.1. The molecule has 2 aromatic carbocycles. The molecule has 0 bridgehead atoms. The van der Waals surface area contributed by atoms with Crippen LogP contribution in [0.15, 0.2) is 53.3 Å². The molecule has 0 radical (unpaired) electrons. The van der Waals surface area contributed by atoms with Crippen LogP contribution in [0.1, 0.15) is 45.2 Å². The summed E-state index contributed by atoms with van der Waals surface area (Å²) in [5.74, 6) is -11.7. The third-order valence-corrected chi connectivity index (χ3v) is 9.04. The molecule has 0 aromatic heterocycles. The first-order valence-corrected chi connectivity index (χ1v) is 14.0. The van der Waals surface area contributed by atoms with E-state index >= 15 is 0 Å². The van der Waals surface area contributed by atoms with Crippen molar-refractivity contribution in [2.24, 2.45) is 11.8 Å². The van der Waals surface area contributed by atoms with E-state index in [9.17, 15) is 59.7 Å². The van der Waals surface area contributed by atoms with E-state index in [1.807, 2.05) is 0 Å². The van der Waals surface area contributed by atoms with Crippen LogP contribution >= 0.6 is 0 Å². The molecule has 3 aliphatic rings. The van der Waals surface area contributed by atoms with E-state index in [1.165, 1.54) is 56.3 Å². The summed E-state index contributed by atoms with van der Waals surface area (Å²) in [6, 6.07) is 6.32. The number of Topliss-reactive ketones (excluding diaryl/α,β-unsaturated/α-hetero) is 2. The van der Waals surface area contributed by atoms with E-state index in [0.29, 0.717) is 0 Å². The van der Waals surface area contributed by atoms with Gasteiger partial charge in [-0.05, 0) is 51.2 Å². The Labute approximate surface area is 260 Å². The van der Waals surface area contributed by atoms with Crippen molar-refractivity contribution in [3.63, 3.8) is 0 Å². The van der Waals surface area contributed by atoms with Crippen molar-refractivity contribution in [2.75, 3.05) is 26.1 Å². The number of carboxylic acid groups (broad SMARTS) is 2. The number of ketones is 2. The Morgan fingerprint density at radius 3 is 2.24 bits per heavy atom. The Balaban J connectivity index is 1.55. The molecule has 0 spiro atoms. The number of carbonyl (C=O) groups excluding carboxylic acids is 3. The Bertz CT molecular complexity index is 1790. The minimum absolute atomic E-state index is 0.104. The first kappa shape index (κ1) is 32.2. The highest BCUT2D eigenvalue weighted by Crippen LogP contribution is 2.57. The number of aromatic carboxylic acids is 2. The number of aromatic hydroxyl groups is 1. The number of hydrogen-bond acceptors (Lipinski definition) is 12. The standard InChI is InChI=1S/C31H31N3O12/c1-30(45)13-7-5-9-17(35)19(13)23(36)20-14(30)10-15-22(34(2)3)24(37)21(26(39)31(15,46)25(20)38)27(40)33-11-32-16-8-4-6-12(28(41)42)18(16)29(43)44/h4-9,14-15,22,32,35-36,39,45-46H,10-11H2,1-3H3,(H,33,40)(H,41,42)(H,43,44)/t14-,15-,22-,30-,31+/m0/s1. The fraction of sp³-hybridized carbons (Fsp3) is 0.323. The second kappa shape index (κ2) is 11.0. The van der Waals surface area contributed by atoms with Crippen molar-refractivity contribution in [3.8, 4) is 5.75 Å². The van der Waals surface area contributed by atoms with Gasteiger partial charge in [-0.1, -0.05) is 18.2 Å². The summed E-state index contributed by atoms with van der Waals surface area (Å²) in [7, 11) is 2.90. The van der Waals surface area contributed by atoms with Crippen LogP contribution in [0, 0.1) is 11.8 Å². The molecule has 1 fully saturated rings. The van der Waals surface area contributed by atoms with Gasteiger partial charge in [0.05, 0.1) is 40.7 Å². The monoisotopic (exact) mass is 637 g/mol. The highest BCUT2D eigenvalue weighted by molar-refractivity contribution is 6.25. The quantitative estimate of drug-likeness (QED) is 0.150. The fourth-order valence-electron chi connectivity index (χ4n) is 6.90. The van der Waals surface area contributed by atoms with Crippen molar-refractivity contribution >= 4 is 40.9 Å². The zero-order chi connectivity index (χ0) is 34.0. The fourth-order valence-corrected chi connectivity index (χ4v) is 6.90. The molecular weight excluding hydrogens is 606 g/mol. The van der Waals surface area contributed by atoms with Crippen molar-refractivity contribution in [1.82, 2.24) is 10.2 Å². The number of carbonyl (C=O) groups is 5. The second-order valence-electron chi connectivity index (χ2n) is 11.8. The van der Waals surface area contributed by atoms with Crippen molar-refractivity contribution in [2.45, 2.75) is 30.6 Å². The molecule has 1 saturated carbocycles. The minimum Gasteiger partial charge on any atom is -0.508 e. The van der Waals surface area contributed by atoms with Crippen molar-refractivity contribution in [3.05, 3.63) is 75.6 Å². The smallest absolute Gasteiger partial charge is 0.338 e. The summed E-state index contributed by atoms with van der Waals surface area (Å²) >= 11 is 0. The number of aliphatic hydroxyl groups excluding tert-OH is 2. The third kappa shape index (κ3) is 4.50. The van der Waals surface area contributed by atoms with Crippen LogP contribution in [-0.4, -0.2) is 102 Å². The normalized spacial score (nSPS) is 27.1. The number of phenols is 1. The van der Waals surface area contributed by atoms with Crippen LogP contribution < -0.4 is 10.6 Å². The van der Waals surface area contributed by atoms with Crippen molar-refractivity contribution < 1.29 is 59.7 Å². The lowest BCUT2D eigenvalue weighted by molar-refractivity contribution is -0.159. The van der Waals surface area contributed by atoms with Gasteiger partial charge in [-0.25, -0.2) is 9.59 Å². The van der Waals surface area contributed by atoms with E-state index < -0.39 is 105 Å². The number of hydrogen-bond donors (Lipinski definition) is 9. The average molecular weight is 638 g/mol. The maximum Gasteiger partial charge on any atom is 0.338 e.